The molecular weight excluding hydrogens is 250 g/mol. The van der Waals surface area contributed by atoms with E-state index in [1.54, 1.807) is 0 Å². The summed E-state index contributed by atoms with van der Waals surface area (Å²) in [5.74, 6) is 0.995. The molecule has 20 heavy (non-hydrogen) atoms. The molecule has 3 rings (SSSR count). The van der Waals surface area contributed by atoms with E-state index in [0.29, 0.717) is 0 Å². The van der Waals surface area contributed by atoms with Gasteiger partial charge in [-0.1, -0.05) is 18.5 Å². The minimum atomic E-state index is 0.719. The summed E-state index contributed by atoms with van der Waals surface area (Å²) in [7, 11) is 0. The molecule has 0 amide bonds. The molecule has 1 aromatic heterocycles. The molecular formula is C16H27N3O. The van der Waals surface area contributed by atoms with Crippen molar-refractivity contribution in [3.05, 3.63) is 17.0 Å². The Labute approximate surface area is 121 Å². The van der Waals surface area contributed by atoms with Crippen molar-refractivity contribution in [1.29, 1.82) is 0 Å². The van der Waals surface area contributed by atoms with E-state index in [9.17, 15) is 0 Å². The third-order valence-corrected chi connectivity index (χ3v) is 5.14. The zero-order valence-electron chi connectivity index (χ0n) is 13.0. The van der Waals surface area contributed by atoms with Gasteiger partial charge in [0.2, 0.25) is 0 Å². The maximum Gasteiger partial charge on any atom is 0.138 e. The Morgan fingerprint density at radius 2 is 1.95 bits per heavy atom. The molecule has 0 aromatic carbocycles. The molecule has 1 N–H and O–H groups in total. The first kappa shape index (κ1) is 14.1. The summed E-state index contributed by atoms with van der Waals surface area (Å²) in [6.45, 7) is 8.43. The molecule has 2 fully saturated rings. The zero-order chi connectivity index (χ0) is 14.1. The molecule has 112 valence electrons. The molecule has 4 heteroatoms. The molecule has 4 nitrogen and oxygen atoms in total. The Morgan fingerprint density at radius 3 is 2.50 bits per heavy atom. The van der Waals surface area contributed by atoms with Gasteiger partial charge in [-0.25, -0.2) is 0 Å². The van der Waals surface area contributed by atoms with Gasteiger partial charge in [-0.3, -0.25) is 4.90 Å². The standard InChI is InChI=1S/C16H27N3O/c1-4-17-13-8-14-6-5-7-15(9-13)19(14)10-16-11(2)18-20-12(16)3/h13-15,17H,4-10H2,1-3H3. The van der Waals surface area contributed by atoms with Gasteiger partial charge in [-0.2, -0.15) is 0 Å². The van der Waals surface area contributed by atoms with Gasteiger partial charge < -0.3 is 9.84 Å². The molecule has 2 bridgehead atoms. The second-order valence-electron chi connectivity index (χ2n) is 6.44. The van der Waals surface area contributed by atoms with Crippen molar-refractivity contribution in [3.8, 4) is 0 Å². The average molecular weight is 277 g/mol. The Balaban J connectivity index is 1.74. The van der Waals surface area contributed by atoms with Crippen molar-refractivity contribution in [2.45, 2.75) is 77.5 Å². The largest absolute Gasteiger partial charge is 0.361 e. The first-order valence-corrected chi connectivity index (χ1v) is 8.10. The Kier molecular flexibility index (Phi) is 4.13. The fourth-order valence-electron chi connectivity index (χ4n) is 4.10. The highest BCUT2D eigenvalue weighted by molar-refractivity contribution is 5.21. The molecule has 2 aliphatic rings. The van der Waals surface area contributed by atoms with Gasteiger partial charge in [-0.05, 0) is 46.1 Å². The first-order valence-electron chi connectivity index (χ1n) is 8.10. The quantitative estimate of drug-likeness (QED) is 0.919. The molecule has 0 aliphatic carbocycles. The van der Waals surface area contributed by atoms with Crippen molar-refractivity contribution in [1.82, 2.24) is 15.4 Å². The first-order chi connectivity index (χ1) is 9.69. The Morgan fingerprint density at radius 1 is 1.25 bits per heavy atom. The van der Waals surface area contributed by atoms with Crippen LogP contribution in [0.1, 0.15) is 56.0 Å². The summed E-state index contributed by atoms with van der Waals surface area (Å²) < 4.78 is 5.33. The molecule has 2 saturated heterocycles. The topological polar surface area (TPSA) is 41.3 Å². The molecule has 2 unspecified atom stereocenters. The van der Waals surface area contributed by atoms with Crippen LogP contribution in [0.2, 0.25) is 0 Å². The third-order valence-electron chi connectivity index (χ3n) is 5.14. The van der Waals surface area contributed by atoms with Crippen molar-refractivity contribution >= 4 is 0 Å². The van der Waals surface area contributed by atoms with E-state index < -0.39 is 0 Å². The smallest absolute Gasteiger partial charge is 0.138 e. The second-order valence-corrected chi connectivity index (χ2v) is 6.44. The number of aryl methyl sites for hydroxylation is 2. The summed E-state index contributed by atoms with van der Waals surface area (Å²) in [4.78, 5) is 2.73. The number of rotatable bonds is 4. The summed E-state index contributed by atoms with van der Waals surface area (Å²) in [6, 6.07) is 2.19. The fourth-order valence-corrected chi connectivity index (χ4v) is 4.10. The van der Waals surface area contributed by atoms with Crippen molar-refractivity contribution in [2.24, 2.45) is 0 Å². The number of piperidine rings is 2. The third kappa shape index (κ3) is 2.63. The van der Waals surface area contributed by atoms with Crippen LogP contribution in [0.3, 0.4) is 0 Å². The van der Waals surface area contributed by atoms with E-state index in [1.165, 1.54) is 37.7 Å². The number of hydrogen-bond acceptors (Lipinski definition) is 4. The zero-order valence-corrected chi connectivity index (χ0v) is 13.0. The lowest BCUT2D eigenvalue weighted by Gasteiger charge is -2.49. The highest BCUT2D eigenvalue weighted by atomic mass is 16.5. The van der Waals surface area contributed by atoms with Crippen molar-refractivity contribution < 1.29 is 4.52 Å². The van der Waals surface area contributed by atoms with Gasteiger partial charge in [0, 0.05) is 30.2 Å². The van der Waals surface area contributed by atoms with Crippen LogP contribution in [0.5, 0.6) is 0 Å². The van der Waals surface area contributed by atoms with Crippen molar-refractivity contribution in [2.75, 3.05) is 6.54 Å². The van der Waals surface area contributed by atoms with Crippen LogP contribution in [-0.4, -0.2) is 34.7 Å². The summed E-state index contributed by atoms with van der Waals surface area (Å²) in [5.41, 5.74) is 2.37. The van der Waals surface area contributed by atoms with E-state index in [2.05, 4.69) is 29.2 Å². The van der Waals surface area contributed by atoms with Gasteiger partial charge >= 0.3 is 0 Å². The van der Waals surface area contributed by atoms with Crippen LogP contribution in [0.25, 0.3) is 0 Å². The fraction of sp³-hybridized carbons (Fsp3) is 0.812. The molecule has 3 heterocycles. The minimum absolute atomic E-state index is 0.719. The maximum absolute atomic E-state index is 5.33. The molecule has 0 spiro atoms. The molecule has 1 aromatic rings. The van der Waals surface area contributed by atoms with Gasteiger partial charge in [0.25, 0.3) is 0 Å². The SMILES string of the molecule is CCNC1CC2CCCC(C1)N2Cc1c(C)noc1C. The maximum atomic E-state index is 5.33. The van der Waals surface area contributed by atoms with E-state index in [4.69, 9.17) is 4.52 Å². The molecule has 2 atom stereocenters. The number of aromatic nitrogens is 1. The number of fused-ring (bicyclic) bond motifs is 2. The summed E-state index contributed by atoms with van der Waals surface area (Å²) in [5, 5.41) is 7.76. The predicted octanol–water partition coefficient (Wildman–Crippen LogP) is 2.79. The van der Waals surface area contributed by atoms with Crippen molar-refractivity contribution in [3.63, 3.8) is 0 Å². The summed E-state index contributed by atoms with van der Waals surface area (Å²) >= 11 is 0. The number of hydrogen-bond donors (Lipinski definition) is 1. The van der Waals surface area contributed by atoms with Crippen LogP contribution in [0.15, 0.2) is 4.52 Å². The van der Waals surface area contributed by atoms with E-state index in [1.807, 2.05) is 6.92 Å². The van der Waals surface area contributed by atoms with Gasteiger partial charge in [0.15, 0.2) is 0 Å². The van der Waals surface area contributed by atoms with Crippen LogP contribution in [0, 0.1) is 13.8 Å². The van der Waals surface area contributed by atoms with Crippen LogP contribution in [-0.2, 0) is 6.54 Å². The molecule has 0 saturated carbocycles. The van der Waals surface area contributed by atoms with E-state index in [0.717, 1.165) is 42.7 Å². The van der Waals surface area contributed by atoms with Gasteiger partial charge in [-0.15, -0.1) is 0 Å². The van der Waals surface area contributed by atoms with Gasteiger partial charge in [0.05, 0.1) is 5.69 Å². The van der Waals surface area contributed by atoms with Gasteiger partial charge in [0.1, 0.15) is 5.76 Å². The lowest BCUT2D eigenvalue weighted by Crippen LogP contribution is -2.55. The van der Waals surface area contributed by atoms with Crippen LogP contribution < -0.4 is 5.32 Å². The number of nitrogens with one attached hydrogen (secondary N) is 1. The Bertz CT molecular complexity index is 423. The molecule has 0 radical (unpaired) electrons. The minimum Gasteiger partial charge on any atom is -0.361 e. The monoisotopic (exact) mass is 277 g/mol. The van der Waals surface area contributed by atoms with Crippen LogP contribution in [0.4, 0.5) is 0 Å². The lowest BCUT2D eigenvalue weighted by molar-refractivity contribution is 0.0176. The number of nitrogens with zero attached hydrogens (tertiary/aromatic N) is 2. The predicted molar refractivity (Wildman–Crippen MR) is 79.6 cm³/mol. The van der Waals surface area contributed by atoms with Crippen LogP contribution >= 0.6 is 0 Å². The Hall–Kier alpha value is -0.870. The summed E-state index contributed by atoms with van der Waals surface area (Å²) in [6.07, 6.45) is 6.69. The lowest BCUT2D eigenvalue weighted by atomic mass is 9.81. The highest BCUT2D eigenvalue weighted by Gasteiger charge is 2.38. The van der Waals surface area contributed by atoms with E-state index in [-0.39, 0.29) is 0 Å². The highest BCUT2D eigenvalue weighted by Crippen LogP contribution is 2.35. The molecule has 2 aliphatic heterocycles. The average Bonchev–Trinajstić information content (AvgIpc) is 2.71. The van der Waals surface area contributed by atoms with E-state index >= 15 is 0 Å². The second kappa shape index (κ2) is 5.86. The normalized spacial score (nSPS) is 30.6.